The van der Waals surface area contributed by atoms with Crippen LogP contribution in [-0.4, -0.2) is 17.7 Å². The molecule has 3 heteroatoms. The van der Waals surface area contributed by atoms with Crippen LogP contribution in [0.5, 0.6) is 0 Å². The first kappa shape index (κ1) is 10.4. The lowest BCUT2D eigenvalue weighted by Crippen LogP contribution is -2.30. The van der Waals surface area contributed by atoms with E-state index in [1.54, 1.807) is 6.92 Å². The molecule has 0 aromatic rings. The van der Waals surface area contributed by atoms with Crippen LogP contribution in [0.25, 0.3) is 0 Å². The molecule has 0 saturated heterocycles. The number of hydrogen-bond donors (Lipinski definition) is 2. The van der Waals surface area contributed by atoms with Crippen LogP contribution in [0.4, 0.5) is 0 Å². The molecule has 0 spiro atoms. The molecule has 0 radical (unpaired) electrons. The summed E-state index contributed by atoms with van der Waals surface area (Å²) in [5.41, 5.74) is 0. The highest BCUT2D eigenvalue weighted by Crippen LogP contribution is 1.91. The minimum Gasteiger partial charge on any atom is -0.355 e. The maximum Gasteiger partial charge on any atom is 0.232 e. The second-order valence-electron chi connectivity index (χ2n) is 2.27. The fourth-order valence-electron chi connectivity index (χ4n) is 0.550. The van der Waals surface area contributed by atoms with E-state index in [0.29, 0.717) is 13.0 Å². The van der Waals surface area contributed by atoms with Gasteiger partial charge in [0.05, 0.1) is 5.25 Å². The van der Waals surface area contributed by atoms with Gasteiger partial charge in [-0.3, -0.25) is 4.79 Å². The van der Waals surface area contributed by atoms with Gasteiger partial charge in [0.1, 0.15) is 0 Å². The normalized spacial score (nSPS) is 11.7. The standard InChI is InChI=1S/C8H13NOS/c1-3-4-5-6-9-8(10)7(2)11/h1,7,11H,4-6H2,2H3,(H,9,10). The summed E-state index contributed by atoms with van der Waals surface area (Å²) < 4.78 is 0. The Hall–Kier alpha value is -0.620. The van der Waals surface area contributed by atoms with E-state index in [1.807, 2.05) is 0 Å². The van der Waals surface area contributed by atoms with Gasteiger partial charge >= 0.3 is 0 Å². The third kappa shape index (κ3) is 5.81. The lowest BCUT2D eigenvalue weighted by Gasteiger charge is -2.04. The van der Waals surface area contributed by atoms with Gasteiger partial charge in [0, 0.05) is 13.0 Å². The van der Waals surface area contributed by atoms with E-state index in [2.05, 4.69) is 23.9 Å². The van der Waals surface area contributed by atoms with Crippen molar-refractivity contribution in [3.63, 3.8) is 0 Å². The van der Waals surface area contributed by atoms with E-state index in [1.165, 1.54) is 0 Å². The summed E-state index contributed by atoms with van der Waals surface area (Å²) in [6.45, 7) is 2.38. The van der Waals surface area contributed by atoms with Crippen LogP contribution in [0.15, 0.2) is 0 Å². The van der Waals surface area contributed by atoms with Crippen LogP contribution >= 0.6 is 12.6 Å². The molecule has 1 unspecified atom stereocenters. The highest BCUT2D eigenvalue weighted by molar-refractivity contribution is 7.81. The van der Waals surface area contributed by atoms with E-state index < -0.39 is 0 Å². The lowest BCUT2D eigenvalue weighted by molar-refractivity contribution is -0.120. The van der Waals surface area contributed by atoms with Crippen LogP contribution in [0.1, 0.15) is 19.8 Å². The van der Waals surface area contributed by atoms with Gasteiger partial charge in [0.25, 0.3) is 0 Å². The molecule has 0 aromatic heterocycles. The number of carbonyl (C=O) groups excluding carboxylic acids is 1. The third-order valence-electron chi connectivity index (χ3n) is 1.18. The molecule has 2 nitrogen and oxygen atoms in total. The van der Waals surface area contributed by atoms with Crippen LogP contribution in [-0.2, 0) is 4.79 Å². The van der Waals surface area contributed by atoms with E-state index >= 15 is 0 Å². The molecule has 1 amide bonds. The molecule has 0 bridgehead atoms. The molecule has 0 aromatic carbocycles. The first-order chi connectivity index (χ1) is 5.18. The van der Waals surface area contributed by atoms with Gasteiger partial charge in [-0.15, -0.1) is 12.3 Å². The molecule has 0 fully saturated rings. The second kappa shape index (κ2) is 6.11. The number of thiol groups is 1. The van der Waals surface area contributed by atoms with Gasteiger partial charge in [0.15, 0.2) is 0 Å². The highest BCUT2D eigenvalue weighted by Gasteiger charge is 2.04. The van der Waals surface area contributed by atoms with Gasteiger partial charge in [-0.2, -0.15) is 12.6 Å². The van der Waals surface area contributed by atoms with Crippen molar-refractivity contribution in [2.75, 3.05) is 6.54 Å². The predicted molar refractivity (Wildman–Crippen MR) is 49.5 cm³/mol. The summed E-state index contributed by atoms with van der Waals surface area (Å²) in [5.74, 6) is 2.46. The number of amides is 1. The summed E-state index contributed by atoms with van der Waals surface area (Å²) in [6, 6.07) is 0. The Labute approximate surface area is 73.2 Å². The van der Waals surface area contributed by atoms with Crippen molar-refractivity contribution in [2.24, 2.45) is 0 Å². The highest BCUT2D eigenvalue weighted by atomic mass is 32.1. The predicted octanol–water partition coefficient (Wildman–Crippen LogP) is 0.834. The van der Waals surface area contributed by atoms with E-state index in [9.17, 15) is 4.79 Å². The molecule has 0 saturated carbocycles. The number of nitrogens with one attached hydrogen (secondary N) is 1. The van der Waals surface area contributed by atoms with E-state index in [0.717, 1.165) is 6.42 Å². The van der Waals surface area contributed by atoms with E-state index in [-0.39, 0.29) is 11.2 Å². The van der Waals surface area contributed by atoms with Crippen LogP contribution in [0.2, 0.25) is 0 Å². The number of carbonyl (C=O) groups is 1. The molecule has 11 heavy (non-hydrogen) atoms. The van der Waals surface area contributed by atoms with Crippen molar-refractivity contribution < 1.29 is 4.79 Å². The smallest absolute Gasteiger partial charge is 0.232 e. The third-order valence-corrected chi connectivity index (χ3v) is 1.41. The Balaban J connectivity index is 3.26. The van der Waals surface area contributed by atoms with Crippen molar-refractivity contribution >= 4 is 18.5 Å². The fraction of sp³-hybridized carbons (Fsp3) is 0.625. The number of rotatable bonds is 4. The molecule has 0 aliphatic carbocycles. The van der Waals surface area contributed by atoms with Gasteiger partial charge in [-0.25, -0.2) is 0 Å². The topological polar surface area (TPSA) is 29.1 Å². The number of hydrogen-bond acceptors (Lipinski definition) is 2. The summed E-state index contributed by atoms with van der Waals surface area (Å²) in [4.78, 5) is 10.9. The Bertz CT molecular complexity index is 160. The summed E-state index contributed by atoms with van der Waals surface area (Å²) in [7, 11) is 0. The minimum absolute atomic E-state index is 0.0367. The van der Waals surface area contributed by atoms with Crippen molar-refractivity contribution in [3.05, 3.63) is 0 Å². The van der Waals surface area contributed by atoms with Crippen molar-refractivity contribution in [2.45, 2.75) is 25.0 Å². The van der Waals surface area contributed by atoms with Gasteiger partial charge in [-0.05, 0) is 13.3 Å². The maximum atomic E-state index is 10.9. The Morgan fingerprint density at radius 2 is 2.45 bits per heavy atom. The lowest BCUT2D eigenvalue weighted by atomic mass is 10.3. The molecule has 0 rings (SSSR count). The van der Waals surface area contributed by atoms with Crippen molar-refractivity contribution in [1.29, 1.82) is 0 Å². The zero-order chi connectivity index (χ0) is 8.69. The molecule has 62 valence electrons. The SMILES string of the molecule is C#CCCCNC(=O)C(C)S. The Morgan fingerprint density at radius 3 is 2.91 bits per heavy atom. The first-order valence-corrected chi connectivity index (χ1v) is 4.09. The number of unbranched alkanes of at least 4 members (excludes halogenated alkanes) is 1. The Kier molecular flexibility index (Phi) is 5.77. The van der Waals surface area contributed by atoms with Gasteiger partial charge < -0.3 is 5.32 Å². The summed E-state index contributed by atoms with van der Waals surface area (Å²) in [5, 5.41) is 2.47. The fourth-order valence-corrected chi connectivity index (χ4v) is 0.641. The molecule has 1 atom stereocenters. The Morgan fingerprint density at radius 1 is 1.82 bits per heavy atom. The van der Waals surface area contributed by atoms with Crippen molar-refractivity contribution in [1.82, 2.24) is 5.32 Å². The molecule has 0 aliphatic heterocycles. The first-order valence-electron chi connectivity index (χ1n) is 3.57. The minimum atomic E-state index is -0.235. The quantitative estimate of drug-likeness (QED) is 0.366. The van der Waals surface area contributed by atoms with E-state index in [4.69, 9.17) is 6.42 Å². The van der Waals surface area contributed by atoms with Crippen molar-refractivity contribution in [3.8, 4) is 12.3 Å². The molecule has 1 N–H and O–H groups in total. The zero-order valence-electron chi connectivity index (χ0n) is 6.63. The molecule has 0 aliphatic rings. The molecule has 0 heterocycles. The largest absolute Gasteiger partial charge is 0.355 e. The monoisotopic (exact) mass is 171 g/mol. The maximum absolute atomic E-state index is 10.9. The summed E-state index contributed by atoms with van der Waals surface area (Å²) >= 11 is 3.97. The molecular weight excluding hydrogens is 158 g/mol. The number of terminal acetylenes is 1. The second-order valence-corrected chi connectivity index (χ2v) is 3.05. The average Bonchev–Trinajstić information content (AvgIpc) is 1.97. The van der Waals surface area contributed by atoms with Gasteiger partial charge in [-0.1, -0.05) is 0 Å². The van der Waals surface area contributed by atoms with Gasteiger partial charge in [0.2, 0.25) is 5.91 Å². The zero-order valence-corrected chi connectivity index (χ0v) is 7.53. The average molecular weight is 171 g/mol. The molecular formula is C8H13NOS. The van der Waals surface area contributed by atoms with Crippen LogP contribution in [0.3, 0.4) is 0 Å². The van der Waals surface area contributed by atoms with Crippen LogP contribution < -0.4 is 5.32 Å². The van der Waals surface area contributed by atoms with Crippen LogP contribution in [0, 0.1) is 12.3 Å². The summed E-state index contributed by atoms with van der Waals surface area (Å²) in [6.07, 6.45) is 6.57.